The number of amides is 2. The number of imide groups is 1. The summed E-state index contributed by atoms with van der Waals surface area (Å²) in [5, 5.41) is 0. The van der Waals surface area contributed by atoms with Gasteiger partial charge in [-0.1, -0.05) is 11.1 Å². The van der Waals surface area contributed by atoms with Gasteiger partial charge in [0.1, 0.15) is 0 Å². The molecule has 0 spiro atoms. The van der Waals surface area contributed by atoms with Crippen molar-refractivity contribution < 1.29 is 9.59 Å². The Morgan fingerprint density at radius 1 is 0.950 bits per heavy atom. The zero-order valence-electron chi connectivity index (χ0n) is 11.5. The van der Waals surface area contributed by atoms with Crippen LogP contribution in [0.25, 0.3) is 0 Å². The predicted molar refractivity (Wildman–Crippen MR) is 86.2 cm³/mol. The molecule has 20 heavy (non-hydrogen) atoms. The Bertz CT molecular complexity index is 586. The van der Waals surface area contributed by atoms with Crippen molar-refractivity contribution in [1.29, 1.82) is 0 Å². The van der Waals surface area contributed by atoms with Crippen LogP contribution in [0, 0.1) is 15.4 Å². The fraction of sp³-hybridized carbons (Fsp3) is 0.375. The van der Waals surface area contributed by atoms with Gasteiger partial charge in [-0.25, -0.2) is 0 Å². The van der Waals surface area contributed by atoms with Gasteiger partial charge in [0.05, 0.1) is 17.5 Å². The fourth-order valence-electron chi connectivity index (χ4n) is 3.10. The summed E-state index contributed by atoms with van der Waals surface area (Å²) in [5.41, 5.74) is 3.22. The summed E-state index contributed by atoms with van der Waals surface area (Å²) in [6.07, 6.45) is 1.45. The molecule has 1 aliphatic heterocycles. The van der Waals surface area contributed by atoms with E-state index in [0.29, 0.717) is 5.69 Å². The summed E-state index contributed by atoms with van der Waals surface area (Å²) < 4.78 is 1.09. The third-order valence-electron chi connectivity index (χ3n) is 4.43. The normalized spacial score (nSPS) is 26.2. The Kier molecular flexibility index (Phi) is 3.44. The number of halogens is 1. The first-order valence-corrected chi connectivity index (χ1v) is 7.85. The van der Waals surface area contributed by atoms with Gasteiger partial charge in [0.15, 0.2) is 0 Å². The minimum absolute atomic E-state index is 0.0342. The number of carbonyl (C=O) groups is 2. The first-order chi connectivity index (χ1) is 9.49. The van der Waals surface area contributed by atoms with Gasteiger partial charge in [-0.2, -0.15) is 0 Å². The minimum Gasteiger partial charge on any atom is -0.274 e. The average Bonchev–Trinajstić information content (AvgIpc) is 2.65. The van der Waals surface area contributed by atoms with Gasteiger partial charge >= 0.3 is 0 Å². The van der Waals surface area contributed by atoms with E-state index in [-0.39, 0.29) is 23.7 Å². The Hall–Kier alpha value is -1.17. The van der Waals surface area contributed by atoms with E-state index in [2.05, 4.69) is 36.4 Å². The number of fused-ring (bicyclic) bond motifs is 1. The van der Waals surface area contributed by atoms with Crippen LogP contribution in [0.4, 0.5) is 5.69 Å². The average molecular weight is 381 g/mol. The van der Waals surface area contributed by atoms with E-state index in [4.69, 9.17) is 0 Å². The van der Waals surface area contributed by atoms with Gasteiger partial charge in [-0.15, -0.1) is 0 Å². The van der Waals surface area contributed by atoms with Gasteiger partial charge in [0.2, 0.25) is 11.8 Å². The molecule has 104 valence electrons. The Morgan fingerprint density at radius 3 is 1.85 bits per heavy atom. The largest absolute Gasteiger partial charge is 0.274 e. The zero-order valence-corrected chi connectivity index (χ0v) is 13.7. The Morgan fingerprint density at radius 2 is 1.40 bits per heavy atom. The molecule has 0 N–H and O–H groups in total. The quantitative estimate of drug-likeness (QED) is 0.424. The van der Waals surface area contributed by atoms with Crippen LogP contribution in [0.5, 0.6) is 0 Å². The highest BCUT2D eigenvalue weighted by atomic mass is 127. The Labute approximate surface area is 132 Å². The van der Waals surface area contributed by atoms with E-state index in [1.165, 1.54) is 16.0 Å². The molecule has 2 amide bonds. The highest BCUT2D eigenvalue weighted by Crippen LogP contribution is 2.42. The van der Waals surface area contributed by atoms with Crippen molar-refractivity contribution in [3.8, 4) is 0 Å². The van der Waals surface area contributed by atoms with E-state index in [0.717, 1.165) is 16.4 Å². The summed E-state index contributed by atoms with van der Waals surface area (Å²) in [6, 6.07) is 7.55. The van der Waals surface area contributed by atoms with E-state index >= 15 is 0 Å². The van der Waals surface area contributed by atoms with Crippen molar-refractivity contribution in [3.05, 3.63) is 39.0 Å². The van der Waals surface area contributed by atoms with Crippen LogP contribution in [0.1, 0.15) is 26.7 Å². The molecule has 0 bridgehead atoms. The molecule has 0 saturated carbocycles. The fourth-order valence-corrected chi connectivity index (χ4v) is 3.46. The van der Waals surface area contributed by atoms with Gasteiger partial charge in [0.25, 0.3) is 0 Å². The van der Waals surface area contributed by atoms with E-state index in [9.17, 15) is 9.59 Å². The molecule has 2 atom stereocenters. The molecule has 2 aliphatic rings. The second kappa shape index (κ2) is 4.98. The summed E-state index contributed by atoms with van der Waals surface area (Å²) in [6.45, 7) is 4.13. The van der Waals surface area contributed by atoms with Gasteiger partial charge < -0.3 is 0 Å². The van der Waals surface area contributed by atoms with E-state index in [1.54, 1.807) is 0 Å². The number of carbonyl (C=O) groups excluding carboxylic acids is 2. The number of nitrogens with zero attached hydrogens (tertiary/aromatic N) is 1. The minimum atomic E-state index is -0.162. The highest BCUT2D eigenvalue weighted by molar-refractivity contribution is 14.1. The molecule has 1 fully saturated rings. The first-order valence-electron chi connectivity index (χ1n) is 6.77. The van der Waals surface area contributed by atoms with Gasteiger partial charge in [-0.3, -0.25) is 14.5 Å². The lowest BCUT2D eigenvalue weighted by atomic mass is 9.78. The lowest BCUT2D eigenvalue weighted by molar-refractivity contribution is -0.122. The summed E-state index contributed by atoms with van der Waals surface area (Å²) >= 11 is 2.21. The maximum absolute atomic E-state index is 12.6. The van der Waals surface area contributed by atoms with Crippen LogP contribution >= 0.6 is 22.6 Å². The molecule has 3 nitrogen and oxygen atoms in total. The van der Waals surface area contributed by atoms with Crippen LogP contribution in [0.15, 0.2) is 35.4 Å². The van der Waals surface area contributed by atoms with Gasteiger partial charge in [-0.05, 0) is 73.5 Å². The maximum atomic E-state index is 12.6. The van der Waals surface area contributed by atoms with Crippen LogP contribution in [0.2, 0.25) is 0 Å². The van der Waals surface area contributed by atoms with Crippen LogP contribution in [-0.2, 0) is 9.59 Å². The number of hydrogen-bond donors (Lipinski definition) is 0. The predicted octanol–water partition coefficient (Wildman–Crippen LogP) is 3.53. The third kappa shape index (κ3) is 2.10. The molecule has 4 heteroatoms. The Balaban J connectivity index is 1.95. The molecule has 1 saturated heterocycles. The summed E-state index contributed by atoms with van der Waals surface area (Å²) in [7, 11) is 0. The van der Waals surface area contributed by atoms with Crippen molar-refractivity contribution in [2.45, 2.75) is 26.7 Å². The second-order valence-corrected chi connectivity index (χ2v) is 6.92. The van der Waals surface area contributed by atoms with E-state index < -0.39 is 0 Å². The molecule has 0 radical (unpaired) electrons. The highest BCUT2D eigenvalue weighted by Gasteiger charge is 2.49. The molecule has 3 rings (SSSR count). The van der Waals surface area contributed by atoms with Crippen molar-refractivity contribution in [2.24, 2.45) is 11.8 Å². The van der Waals surface area contributed by atoms with Crippen molar-refractivity contribution in [3.63, 3.8) is 0 Å². The zero-order chi connectivity index (χ0) is 14.4. The standard InChI is InChI=1S/C16H16INO2/c1-9-7-13-14(8-10(9)2)16(20)18(15(13)19)12-5-3-11(17)4-6-12/h3-6,13-14H,7-8H2,1-2H3/t13-,14+. The van der Waals surface area contributed by atoms with Crippen molar-refractivity contribution in [2.75, 3.05) is 4.90 Å². The van der Waals surface area contributed by atoms with Crippen molar-refractivity contribution in [1.82, 2.24) is 0 Å². The lowest BCUT2D eigenvalue weighted by Gasteiger charge is -2.23. The molecule has 1 heterocycles. The third-order valence-corrected chi connectivity index (χ3v) is 5.15. The van der Waals surface area contributed by atoms with Crippen LogP contribution in [-0.4, -0.2) is 11.8 Å². The number of hydrogen-bond acceptors (Lipinski definition) is 2. The van der Waals surface area contributed by atoms with Crippen LogP contribution < -0.4 is 4.90 Å². The first kappa shape index (κ1) is 13.8. The molecular formula is C16H16INO2. The van der Waals surface area contributed by atoms with Gasteiger partial charge in [0, 0.05) is 3.57 Å². The SMILES string of the molecule is CC1=C(C)C[C@H]2C(=O)N(c3ccc(I)cc3)C(=O)[C@H]2C1. The smallest absolute Gasteiger partial charge is 0.238 e. The summed E-state index contributed by atoms with van der Waals surface area (Å²) in [5.74, 6) is -0.392. The second-order valence-electron chi connectivity index (χ2n) is 5.67. The molecule has 1 aromatic carbocycles. The number of rotatable bonds is 1. The molecular weight excluding hydrogens is 365 g/mol. The molecule has 1 aromatic rings. The number of anilines is 1. The molecule has 0 aromatic heterocycles. The number of benzene rings is 1. The summed E-state index contributed by atoms with van der Waals surface area (Å²) in [4.78, 5) is 26.5. The maximum Gasteiger partial charge on any atom is 0.238 e. The molecule has 1 aliphatic carbocycles. The lowest BCUT2D eigenvalue weighted by Crippen LogP contribution is -2.30. The molecule has 0 unspecified atom stereocenters. The monoisotopic (exact) mass is 381 g/mol. The van der Waals surface area contributed by atoms with Crippen LogP contribution in [0.3, 0.4) is 0 Å². The number of allylic oxidation sites excluding steroid dienone is 2. The van der Waals surface area contributed by atoms with Crippen molar-refractivity contribution >= 4 is 40.1 Å². The van der Waals surface area contributed by atoms with E-state index in [1.807, 2.05) is 24.3 Å². The topological polar surface area (TPSA) is 37.4 Å².